The van der Waals surface area contributed by atoms with E-state index < -0.39 is 0 Å². The zero-order valence-corrected chi connectivity index (χ0v) is 8.47. The Morgan fingerprint density at radius 1 is 1.15 bits per heavy atom. The summed E-state index contributed by atoms with van der Waals surface area (Å²) in [5, 5.41) is 0. The molecule has 0 radical (unpaired) electrons. The van der Waals surface area contributed by atoms with Crippen molar-refractivity contribution >= 4 is 0 Å². The molecule has 0 heterocycles. The highest BCUT2D eigenvalue weighted by atomic mass is 14.6. The van der Waals surface area contributed by atoms with Crippen molar-refractivity contribution in [3.63, 3.8) is 0 Å². The highest BCUT2D eigenvalue weighted by Crippen LogP contribution is 2.32. The largest absolute Gasteiger partial charge is 0.324 e. The maximum absolute atomic E-state index is 5.92. The molecule has 13 heavy (non-hydrogen) atoms. The third kappa shape index (κ3) is 2.57. The molecule has 1 atom stereocenters. The van der Waals surface area contributed by atoms with Crippen LogP contribution in [0, 0.1) is 5.92 Å². The quantitative estimate of drug-likeness (QED) is 0.648. The fourth-order valence-electron chi connectivity index (χ4n) is 2.79. The average molecular weight is 179 g/mol. The van der Waals surface area contributed by atoms with E-state index in [1.165, 1.54) is 51.4 Å². The minimum Gasteiger partial charge on any atom is -0.324 e. The lowest BCUT2D eigenvalue weighted by Crippen LogP contribution is -2.20. The summed E-state index contributed by atoms with van der Waals surface area (Å²) >= 11 is 0. The predicted octanol–water partition coefficient (Wildman–Crippen LogP) is 3.00. The Kier molecular flexibility index (Phi) is 3.05. The minimum atomic E-state index is 0.366. The van der Waals surface area contributed by atoms with Crippen molar-refractivity contribution in [2.45, 2.75) is 57.4 Å². The van der Waals surface area contributed by atoms with Gasteiger partial charge in [0.05, 0.1) is 0 Å². The van der Waals surface area contributed by atoms with Gasteiger partial charge in [0.25, 0.3) is 0 Å². The molecule has 2 aliphatic rings. The molecule has 0 aliphatic heterocycles. The van der Waals surface area contributed by atoms with E-state index in [1.807, 2.05) is 0 Å². The number of rotatable bonds is 2. The van der Waals surface area contributed by atoms with Gasteiger partial charge < -0.3 is 5.73 Å². The van der Waals surface area contributed by atoms with Crippen molar-refractivity contribution in [2.75, 3.05) is 0 Å². The molecule has 1 saturated carbocycles. The van der Waals surface area contributed by atoms with Gasteiger partial charge in [-0.1, -0.05) is 37.3 Å². The normalized spacial score (nSPS) is 30.5. The summed E-state index contributed by atoms with van der Waals surface area (Å²) in [5.41, 5.74) is 7.58. The van der Waals surface area contributed by atoms with Gasteiger partial charge in [0.2, 0.25) is 0 Å². The Balaban J connectivity index is 1.85. The summed E-state index contributed by atoms with van der Waals surface area (Å²) in [5.74, 6) is 0.997. The van der Waals surface area contributed by atoms with Gasteiger partial charge in [0.15, 0.2) is 0 Å². The zero-order chi connectivity index (χ0) is 9.10. The predicted molar refractivity (Wildman–Crippen MR) is 56.5 cm³/mol. The smallest absolute Gasteiger partial charge is 0.0226 e. The Morgan fingerprint density at radius 2 is 1.92 bits per heavy atom. The molecular weight excluding hydrogens is 158 g/mol. The molecule has 0 aromatic heterocycles. The lowest BCUT2D eigenvalue weighted by molar-refractivity contribution is 0.510. The van der Waals surface area contributed by atoms with Gasteiger partial charge in [-0.3, -0.25) is 0 Å². The van der Waals surface area contributed by atoms with E-state index in [9.17, 15) is 0 Å². The topological polar surface area (TPSA) is 26.0 Å². The van der Waals surface area contributed by atoms with Gasteiger partial charge in [0.1, 0.15) is 0 Å². The van der Waals surface area contributed by atoms with E-state index in [0.29, 0.717) is 6.04 Å². The van der Waals surface area contributed by atoms with Crippen LogP contribution < -0.4 is 5.73 Å². The second-order valence-corrected chi connectivity index (χ2v) is 4.74. The van der Waals surface area contributed by atoms with Gasteiger partial charge in [-0.05, 0) is 31.6 Å². The van der Waals surface area contributed by atoms with E-state index in [1.54, 1.807) is 5.57 Å². The van der Waals surface area contributed by atoms with Gasteiger partial charge in [-0.25, -0.2) is 0 Å². The molecule has 0 spiro atoms. The van der Waals surface area contributed by atoms with Crippen molar-refractivity contribution in [1.29, 1.82) is 0 Å². The Labute approximate surface area is 81.4 Å². The third-order valence-corrected chi connectivity index (χ3v) is 3.51. The first-order chi connectivity index (χ1) is 6.34. The first-order valence-electron chi connectivity index (χ1n) is 5.80. The Bertz CT molecular complexity index is 189. The van der Waals surface area contributed by atoms with Crippen LogP contribution in [0.4, 0.5) is 0 Å². The molecule has 1 unspecified atom stereocenters. The summed E-state index contributed by atoms with van der Waals surface area (Å²) in [6.07, 6.45) is 13.4. The zero-order valence-electron chi connectivity index (χ0n) is 8.47. The summed E-state index contributed by atoms with van der Waals surface area (Å²) in [6, 6.07) is 0.366. The minimum absolute atomic E-state index is 0.366. The summed E-state index contributed by atoms with van der Waals surface area (Å²) in [4.78, 5) is 0. The van der Waals surface area contributed by atoms with Gasteiger partial charge in [0, 0.05) is 6.04 Å². The summed E-state index contributed by atoms with van der Waals surface area (Å²) < 4.78 is 0. The monoisotopic (exact) mass is 179 g/mol. The molecular formula is C12H21N. The number of hydrogen-bond acceptors (Lipinski definition) is 1. The number of allylic oxidation sites excluding steroid dienone is 1. The van der Waals surface area contributed by atoms with Gasteiger partial charge in [-0.15, -0.1) is 0 Å². The number of hydrogen-bond donors (Lipinski definition) is 1. The average Bonchev–Trinajstić information content (AvgIpc) is 2.57. The van der Waals surface area contributed by atoms with Crippen LogP contribution in [0.2, 0.25) is 0 Å². The highest BCUT2D eigenvalue weighted by molar-refractivity contribution is 5.10. The van der Waals surface area contributed by atoms with Crippen LogP contribution in [0.15, 0.2) is 11.6 Å². The van der Waals surface area contributed by atoms with Crippen LogP contribution in [-0.2, 0) is 0 Å². The van der Waals surface area contributed by atoms with Crippen molar-refractivity contribution in [1.82, 2.24) is 0 Å². The molecule has 0 amide bonds. The van der Waals surface area contributed by atoms with Crippen LogP contribution in [-0.4, -0.2) is 6.04 Å². The molecule has 74 valence electrons. The van der Waals surface area contributed by atoms with E-state index in [4.69, 9.17) is 5.73 Å². The molecule has 0 saturated heterocycles. The van der Waals surface area contributed by atoms with Crippen molar-refractivity contribution in [3.8, 4) is 0 Å². The molecule has 0 aromatic rings. The SMILES string of the molecule is NC1C=C(CC2CCCC2)CCC1. The van der Waals surface area contributed by atoms with Crippen molar-refractivity contribution in [3.05, 3.63) is 11.6 Å². The lowest BCUT2D eigenvalue weighted by Gasteiger charge is -2.20. The summed E-state index contributed by atoms with van der Waals surface area (Å²) in [6.45, 7) is 0. The van der Waals surface area contributed by atoms with Crippen LogP contribution in [0.3, 0.4) is 0 Å². The van der Waals surface area contributed by atoms with Gasteiger partial charge >= 0.3 is 0 Å². The first-order valence-corrected chi connectivity index (χ1v) is 5.80. The molecule has 2 rings (SSSR count). The van der Waals surface area contributed by atoms with Gasteiger partial charge in [-0.2, -0.15) is 0 Å². The molecule has 0 bridgehead atoms. The molecule has 0 aromatic carbocycles. The standard InChI is InChI=1S/C12H21N/c13-12-7-3-6-11(9-12)8-10-4-1-2-5-10/h9-10,12H,1-8,13H2. The Hall–Kier alpha value is -0.300. The van der Waals surface area contributed by atoms with Crippen LogP contribution in [0.25, 0.3) is 0 Å². The Morgan fingerprint density at radius 3 is 2.62 bits per heavy atom. The number of nitrogens with two attached hydrogens (primary N) is 1. The molecule has 2 N–H and O–H groups in total. The first kappa shape index (κ1) is 9.26. The van der Waals surface area contributed by atoms with E-state index in [2.05, 4.69) is 6.08 Å². The maximum atomic E-state index is 5.92. The van der Waals surface area contributed by atoms with Crippen LogP contribution in [0.5, 0.6) is 0 Å². The van der Waals surface area contributed by atoms with Crippen LogP contribution >= 0.6 is 0 Å². The van der Waals surface area contributed by atoms with E-state index >= 15 is 0 Å². The van der Waals surface area contributed by atoms with E-state index in [-0.39, 0.29) is 0 Å². The molecule has 1 fully saturated rings. The lowest BCUT2D eigenvalue weighted by atomic mass is 9.89. The summed E-state index contributed by atoms with van der Waals surface area (Å²) in [7, 11) is 0. The molecule has 1 nitrogen and oxygen atoms in total. The van der Waals surface area contributed by atoms with E-state index in [0.717, 1.165) is 5.92 Å². The fourth-order valence-corrected chi connectivity index (χ4v) is 2.79. The van der Waals surface area contributed by atoms with Crippen molar-refractivity contribution in [2.24, 2.45) is 11.7 Å². The second-order valence-electron chi connectivity index (χ2n) is 4.74. The second kappa shape index (κ2) is 4.28. The van der Waals surface area contributed by atoms with Crippen molar-refractivity contribution < 1.29 is 0 Å². The fraction of sp³-hybridized carbons (Fsp3) is 0.833. The third-order valence-electron chi connectivity index (χ3n) is 3.51. The maximum Gasteiger partial charge on any atom is 0.0226 e. The highest BCUT2D eigenvalue weighted by Gasteiger charge is 2.18. The molecule has 2 aliphatic carbocycles. The van der Waals surface area contributed by atoms with Crippen LogP contribution in [0.1, 0.15) is 51.4 Å². The molecule has 1 heteroatoms.